The zero-order valence-corrected chi connectivity index (χ0v) is 9.57. The second-order valence-electron chi connectivity index (χ2n) is 6.32. The Labute approximate surface area is 77.4 Å². The third-order valence-electron chi connectivity index (χ3n) is 3.88. The molecule has 1 heterocycles. The summed E-state index contributed by atoms with van der Waals surface area (Å²) in [7, 11) is 4.72. The van der Waals surface area contributed by atoms with Crippen molar-refractivity contribution in [3.05, 3.63) is 0 Å². The van der Waals surface area contributed by atoms with E-state index in [4.69, 9.17) is 0 Å². The minimum atomic E-state index is 0.468. The lowest BCUT2D eigenvalue weighted by atomic mass is 9.75. The molecule has 0 N–H and O–H groups in total. The van der Waals surface area contributed by atoms with Gasteiger partial charge in [0.15, 0.2) is 0 Å². The normalized spacial score (nSPS) is 31.5. The summed E-state index contributed by atoms with van der Waals surface area (Å²) < 4.78 is 1.17. The predicted molar refractivity (Wildman–Crippen MR) is 54.1 cm³/mol. The third kappa shape index (κ3) is 1.66. The fourth-order valence-electron chi connectivity index (χ4n) is 2.31. The molecule has 0 saturated carbocycles. The summed E-state index contributed by atoms with van der Waals surface area (Å²) in [6.07, 6.45) is 2.73. The van der Waals surface area contributed by atoms with Crippen molar-refractivity contribution in [2.24, 2.45) is 5.41 Å². The second-order valence-corrected chi connectivity index (χ2v) is 6.32. The summed E-state index contributed by atoms with van der Waals surface area (Å²) in [5.41, 5.74) is 1.01. The van der Waals surface area contributed by atoms with E-state index in [1.165, 1.54) is 23.9 Å². The molecule has 1 aliphatic heterocycles. The summed E-state index contributed by atoms with van der Waals surface area (Å²) in [6, 6.07) is 0. The van der Waals surface area contributed by atoms with Gasteiger partial charge >= 0.3 is 0 Å². The summed E-state index contributed by atoms with van der Waals surface area (Å²) in [5, 5.41) is 0. The number of hydrogen-bond acceptors (Lipinski definition) is 0. The topological polar surface area (TPSA) is 0 Å². The molecule has 1 aliphatic rings. The molecule has 0 aliphatic carbocycles. The molecule has 0 bridgehead atoms. The number of nitrogens with zero attached hydrogens (tertiary/aromatic N) is 1. The average Bonchev–Trinajstić information content (AvgIpc) is 1.79. The Kier molecular flexibility index (Phi) is 2.07. The standard InChI is InChI=1S/C11H24N/c1-10(2)7-8-11(3,4)12(5,6)9-10/h7-9H2,1-6H3/q+1. The van der Waals surface area contributed by atoms with Gasteiger partial charge in [-0.3, -0.25) is 0 Å². The molecule has 0 spiro atoms. The SMILES string of the molecule is CC1(C)CCC(C)(C)[N+](C)(C)C1. The number of rotatable bonds is 0. The Morgan fingerprint density at radius 1 is 0.917 bits per heavy atom. The Morgan fingerprint density at radius 3 is 1.75 bits per heavy atom. The molecule has 1 fully saturated rings. The van der Waals surface area contributed by atoms with Crippen LogP contribution in [0.4, 0.5) is 0 Å². The van der Waals surface area contributed by atoms with Crippen LogP contribution in [0.25, 0.3) is 0 Å². The highest BCUT2D eigenvalue weighted by Crippen LogP contribution is 2.40. The van der Waals surface area contributed by atoms with Crippen LogP contribution in [0, 0.1) is 5.41 Å². The van der Waals surface area contributed by atoms with Gasteiger partial charge in [-0.15, -0.1) is 0 Å². The molecule has 72 valence electrons. The molecule has 0 unspecified atom stereocenters. The fourth-order valence-corrected chi connectivity index (χ4v) is 2.31. The van der Waals surface area contributed by atoms with Gasteiger partial charge in [0.2, 0.25) is 0 Å². The lowest BCUT2D eigenvalue weighted by molar-refractivity contribution is -0.949. The van der Waals surface area contributed by atoms with Crippen LogP contribution < -0.4 is 0 Å². The van der Waals surface area contributed by atoms with Crippen molar-refractivity contribution in [2.45, 2.75) is 46.1 Å². The van der Waals surface area contributed by atoms with Gasteiger partial charge in [0.05, 0.1) is 26.2 Å². The van der Waals surface area contributed by atoms with E-state index in [2.05, 4.69) is 41.8 Å². The molecule has 12 heavy (non-hydrogen) atoms. The van der Waals surface area contributed by atoms with Gasteiger partial charge in [-0.2, -0.15) is 0 Å². The highest BCUT2D eigenvalue weighted by molar-refractivity contribution is 4.82. The van der Waals surface area contributed by atoms with Crippen LogP contribution in [0.3, 0.4) is 0 Å². The van der Waals surface area contributed by atoms with Crippen LogP contribution in [0.1, 0.15) is 40.5 Å². The molecular weight excluding hydrogens is 146 g/mol. The van der Waals surface area contributed by atoms with Crippen LogP contribution in [0.15, 0.2) is 0 Å². The van der Waals surface area contributed by atoms with Crippen LogP contribution in [-0.4, -0.2) is 30.7 Å². The first-order valence-corrected chi connectivity index (χ1v) is 4.99. The molecule has 0 atom stereocenters. The van der Waals surface area contributed by atoms with Crippen molar-refractivity contribution in [3.63, 3.8) is 0 Å². The minimum absolute atomic E-state index is 0.468. The molecule has 0 amide bonds. The summed E-state index contributed by atoms with van der Waals surface area (Å²) in [4.78, 5) is 0. The van der Waals surface area contributed by atoms with Gasteiger partial charge in [0, 0.05) is 11.8 Å². The van der Waals surface area contributed by atoms with E-state index in [0.717, 1.165) is 0 Å². The highest BCUT2D eigenvalue weighted by Gasteiger charge is 2.45. The molecule has 0 aromatic carbocycles. The van der Waals surface area contributed by atoms with Crippen molar-refractivity contribution in [1.82, 2.24) is 0 Å². The lowest BCUT2D eigenvalue weighted by Crippen LogP contribution is -2.62. The maximum absolute atomic E-state index is 2.39. The van der Waals surface area contributed by atoms with Crippen molar-refractivity contribution in [2.75, 3.05) is 20.6 Å². The van der Waals surface area contributed by atoms with E-state index in [1.54, 1.807) is 0 Å². The van der Waals surface area contributed by atoms with Gasteiger partial charge in [-0.05, 0) is 20.3 Å². The van der Waals surface area contributed by atoms with Crippen molar-refractivity contribution in [1.29, 1.82) is 0 Å². The van der Waals surface area contributed by atoms with Crippen LogP contribution in [0.2, 0.25) is 0 Å². The van der Waals surface area contributed by atoms with Crippen LogP contribution in [0.5, 0.6) is 0 Å². The van der Waals surface area contributed by atoms with Gasteiger partial charge in [-0.25, -0.2) is 0 Å². The van der Waals surface area contributed by atoms with E-state index in [1.807, 2.05) is 0 Å². The molecule has 1 heteroatoms. The molecule has 0 aromatic heterocycles. The van der Waals surface area contributed by atoms with Gasteiger partial charge < -0.3 is 4.48 Å². The van der Waals surface area contributed by atoms with Crippen LogP contribution >= 0.6 is 0 Å². The smallest absolute Gasteiger partial charge is 0.0931 e. The highest BCUT2D eigenvalue weighted by atomic mass is 15.4. The van der Waals surface area contributed by atoms with E-state index in [0.29, 0.717) is 11.0 Å². The monoisotopic (exact) mass is 170 g/mol. The second kappa shape index (κ2) is 2.47. The van der Waals surface area contributed by atoms with Gasteiger partial charge in [-0.1, -0.05) is 13.8 Å². The molecular formula is C11H24N+. The quantitative estimate of drug-likeness (QED) is 0.490. The minimum Gasteiger partial charge on any atom is -0.324 e. The largest absolute Gasteiger partial charge is 0.324 e. The molecule has 1 saturated heterocycles. The Bertz CT molecular complexity index is 177. The van der Waals surface area contributed by atoms with Crippen molar-refractivity contribution < 1.29 is 4.48 Å². The fraction of sp³-hybridized carbons (Fsp3) is 1.00. The first-order chi connectivity index (χ1) is 5.16. The molecule has 1 nitrogen and oxygen atoms in total. The third-order valence-corrected chi connectivity index (χ3v) is 3.88. The zero-order valence-electron chi connectivity index (χ0n) is 9.57. The van der Waals surface area contributed by atoms with Gasteiger partial charge in [0.25, 0.3) is 0 Å². The van der Waals surface area contributed by atoms with Crippen LogP contribution in [-0.2, 0) is 0 Å². The maximum Gasteiger partial charge on any atom is 0.0931 e. The average molecular weight is 170 g/mol. The number of likely N-dealkylation sites (tertiary alicyclic amines) is 1. The first-order valence-electron chi connectivity index (χ1n) is 4.99. The summed E-state index contributed by atoms with van der Waals surface area (Å²) in [6.45, 7) is 10.9. The van der Waals surface area contributed by atoms with Crippen molar-refractivity contribution >= 4 is 0 Å². The summed E-state index contributed by atoms with van der Waals surface area (Å²) >= 11 is 0. The summed E-state index contributed by atoms with van der Waals surface area (Å²) in [5.74, 6) is 0. The number of hydrogen-bond donors (Lipinski definition) is 0. The Morgan fingerprint density at radius 2 is 1.42 bits per heavy atom. The van der Waals surface area contributed by atoms with E-state index in [-0.39, 0.29) is 0 Å². The number of piperidine rings is 1. The Balaban J connectivity index is 2.82. The number of quaternary nitrogens is 1. The zero-order chi connectivity index (χ0) is 9.62. The maximum atomic E-state index is 2.39. The van der Waals surface area contributed by atoms with E-state index >= 15 is 0 Å². The molecule has 1 rings (SSSR count). The Hall–Kier alpha value is -0.0400. The van der Waals surface area contributed by atoms with E-state index in [9.17, 15) is 0 Å². The lowest BCUT2D eigenvalue weighted by Gasteiger charge is -2.53. The first kappa shape index (κ1) is 10.0. The molecule has 0 radical (unpaired) electrons. The van der Waals surface area contributed by atoms with E-state index < -0.39 is 0 Å². The molecule has 0 aromatic rings. The van der Waals surface area contributed by atoms with Crippen molar-refractivity contribution in [3.8, 4) is 0 Å². The predicted octanol–water partition coefficient (Wildman–Crippen LogP) is 2.66. The van der Waals surface area contributed by atoms with Gasteiger partial charge in [0.1, 0.15) is 0 Å².